The molecule has 0 radical (unpaired) electrons. The van der Waals surface area contributed by atoms with E-state index in [0.717, 1.165) is 0 Å². The van der Waals surface area contributed by atoms with Crippen molar-refractivity contribution in [2.45, 2.75) is 164 Å². The van der Waals surface area contributed by atoms with Crippen LogP contribution in [0.15, 0.2) is 136 Å². The lowest BCUT2D eigenvalue weighted by Gasteiger charge is -2.45. The molecule has 3 heteroatoms. The number of fused-ring (bicyclic) bond motifs is 9. The molecule has 6 aliphatic rings. The molecule has 6 atom stereocenters. The molecule has 8 aromatic rings. The van der Waals surface area contributed by atoms with E-state index in [9.17, 15) is 0 Å². The van der Waals surface area contributed by atoms with Gasteiger partial charge in [0.2, 0.25) is 0 Å². The molecular formula is C64H62S3. The molecule has 0 bridgehead atoms. The van der Waals surface area contributed by atoms with Crippen molar-refractivity contribution in [2.24, 2.45) is 0 Å². The van der Waals surface area contributed by atoms with Crippen molar-refractivity contribution < 1.29 is 0 Å². The highest BCUT2D eigenvalue weighted by Crippen LogP contribution is 2.66. The molecule has 0 spiro atoms. The van der Waals surface area contributed by atoms with Crippen LogP contribution in [0, 0.1) is 0 Å². The Morgan fingerprint density at radius 1 is 0.313 bits per heavy atom. The SMILES string of the molecule is CC12CCCCC1(C)c1cc(-c3cc(-c4ccccc4)c4ccc5c(-c6ccc7c(c6)C6(C)CCCCC6(C)S7)cc(-c6ccc7c(c6)C6(C)CCCCC6(C)S7)c6ccc3c4c56)ccc1S2. The smallest absolute Gasteiger partial charge is 0.0273 e. The summed E-state index contributed by atoms with van der Waals surface area (Å²) in [6.07, 6.45) is 15.7. The summed E-state index contributed by atoms with van der Waals surface area (Å²) < 4.78 is 0.753. The van der Waals surface area contributed by atoms with E-state index in [1.807, 2.05) is 0 Å². The van der Waals surface area contributed by atoms with Crippen LogP contribution < -0.4 is 0 Å². The number of hydrogen-bond acceptors (Lipinski definition) is 3. The van der Waals surface area contributed by atoms with Crippen LogP contribution in [0.4, 0.5) is 0 Å². The van der Waals surface area contributed by atoms with Gasteiger partial charge in [0.25, 0.3) is 0 Å². The van der Waals surface area contributed by atoms with E-state index in [1.54, 1.807) is 16.7 Å². The minimum absolute atomic E-state index is 0.174. The first kappa shape index (κ1) is 41.8. The van der Waals surface area contributed by atoms with Crippen molar-refractivity contribution in [3.8, 4) is 44.5 Å². The minimum atomic E-state index is 0.174. The third-order valence-corrected chi connectivity index (χ3v) is 24.9. The van der Waals surface area contributed by atoms with Gasteiger partial charge in [0.1, 0.15) is 0 Å². The maximum absolute atomic E-state index is 2.64. The lowest BCUT2D eigenvalue weighted by atomic mass is 9.64. The molecule has 67 heavy (non-hydrogen) atoms. The molecule has 336 valence electrons. The average molecular weight is 927 g/mol. The summed E-state index contributed by atoms with van der Waals surface area (Å²) in [6.45, 7) is 15.4. The zero-order valence-corrected chi connectivity index (χ0v) is 42.7. The predicted octanol–water partition coefficient (Wildman–Crippen LogP) is 19.3. The number of rotatable bonds is 4. The molecule has 0 amide bonds. The van der Waals surface area contributed by atoms with E-state index in [1.165, 1.54) is 169 Å². The van der Waals surface area contributed by atoms with Gasteiger partial charge in [-0.15, -0.1) is 35.3 Å². The molecule has 0 N–H and O–H groups in total. The first-order valence-corrected chi connectivity index (χ1v) is 28.1. The maximum atomic E-state index is 2.64. The Kier molecular flexibility index (Phi) is 8.88. The van der Waals surface area contributed by atoms with Crippen LogP contribution in [-0.2, 0) is 16.2 Å². The second-order valence-electron chi connectivity index (χ2n) is 23.1. The van der Waals surface area contributed by atoms with Gasteiger partial charge in [-0.05, 0) is 201 Å². The van der Waals surface area contributed by atoms with Crippen molar-refractivity contribution >= 4 is 67.6 Å². The fraction of sp³-hybridized carbons (Fsp3) is 0.375. The Labute approximate surface area is 411 Å². The summed E-state index contributed by atoms with van der Waals surface area (Å²) in [5, 5.41) is 8.28. The van der Waals surface area contributed by atoms with Crippen LogP contribution >= 0.6 is 35.3 Å². The zero-order valence-electron chi connectivity index (χ0n) is 40.3. The van der Waals surface area contributed by atoms with Crippen molar-refractivity contribution in [1.29, 1.82) is 0 Å². The zero-order chi connectivity index (χ0) is 45.3. The number of benzene rings is 8. The first-order chi connectivity index (χ1) is 32.3. The van der Waals surface area contributed by atoms with Crippen LogP contribution in [0.1, 0.15) is 135 Å². The summed E-state index contributed by atoms with van der Waals surface area (Å²) in [5.41, 5.74) is 16.0. The van der Waals surface area contributed by atoms with E-state index < -0.39 is 0 Å². The lowest BCUT2D eigenvalue weighted by Crippen LogP contribution is -2.43. The fourth-order valence-corrected chi connectivity index (χ4v) is 20.2. The first-order valence-electron chi connectivity index (χ1n) is 25.7. The predicted molar refractivity (Wildman–Crippen MR) is 292 cm³/mol. The van der Waals surface area contributed by atoms with Crippen LogP contribution in [0.5, 0.6) is 0 Å². The Morgan fingerprint density at radius 3 is 0.970 bits per heavy atom. The molecule has 14 rings (SSSR count). The molecule has 6 unspecified atom stereocenters. The van der Waals surface area contributed by atoms with E-state index in [0.29, 0.717) is 0 Å². The Balaban J connectivity index is 1.06. The van der Waals surface area contributed by atoms with Crippen LogP contribution in [-0.4, -0.2) is 14.2 Å². The Morgan fingerprint density at radius 2 is 0.627 bits per heavy atom. The number of hydrogen-bond donors (Lipinski definition) is 0. The Bertz CT molecular complexity index is 3300. The molecule has 0 nitrogen and oxygen atoms in total. The van der Waals surface area contributed by atoms with Crippen molar-refractivity contribution in [2.75, 3.05) is 0 Å². The third-order valence-electron chi connectivity index (χ3n) is 19.9. The maximum Gasteiger partial charge on any atom is 0.0273 e. The molecule has 3 aliphatic heterocycles. The van der Waals surface area contributed by atoms with Gasteiger partial charge >= 0.3 is 0 Å². The van der Waals surface area contributed by atoms with Gasteiger partial charge in [-0.1, -0.05) is 132 Å². The summed E-state index contributed by atoms with van der Waals surface area (Å²) in [6, 6.07) is 49.2. The average Bonchev–Trinajstić information content (AvgIpc) is 3.84. The monoisotopic (exact) mass is 926 g/mol. The van der Waals surface area contributed by atoms with Gasteiger partial charge in [-0.2, -0.15) is 0 Å². The highest BCUT2D eigenvalue weighted by molar-refractivity contribution is 8.01. The second-order valence-corrected chi connectivity index (χ2v) is 27.8. The van der Waals surface area contributed by atoms with Gasteiger partial charge in [0.15, 0.2) is 0 Å². The summed E-state index contributed by atoms with van der Waals surface area (Å²) >= 11 is 6.48. The van der Waals surface area contributed by atoms with Gasteiger partial charge in [-0.3, -0.25) is 0 Å². The van der Waals surface area contributed by atoms with Gasteiger partial charge in [0, 0.05) is 45.2 Å². The number of thioether (sulfide) groups is 3. The van der Waals surface area contributed by atoms with Crippen molar-refractivity contribution in [3.05, 3.63) is 138 Å². The molecular weight excluding hydrogens is 865 g/mol. The van der Waals surface area contributed by atoms with Crippen LogP contribution in [0.2, 0.25) is 0 Å². The van der Waals surface area contributed by atoms with Gasteiger partial charge in [-0.25, -0.2) is 0 Å². The topological polar surface area (TPSA) is 0 Å². The third kappa shape index (κ3) is 5.55. The van der Waals surface area contributed by atoms with E-state index in [4.69, 9.17) is 0 Å². The minimum Gasteiger partial charge on any atom is -0.118 e. The van der Waals surface area contributed by atoms with Gasteiger partial charge < -0.3 is 0 Å². The molecule has 8 aromatic carbocycles. The Hall–Kier alpha value is -4.15. The quantitative estimate of drug-likeness (QED) is 0.161. The standard InChI is InChI=1S/C64H62S3/c1-59-28-10-13-31-62(59,4)65-54-25-18-40(34-51(54)59)48-37-47(39-16-8-7-9-17-39)43-21-22-45-49(41-19-26-55-52(35-41)60(2)29-11-14-32-63(60,5)66-55)38-50(46-24-23-44(48)57(43)58(45)46)42-20-27-56-53(36-42)61(3)30-12-15-33-64(61,6)67-56/h7-9,16-27,34-38H,10-15,28-33H2,1-6H3. The van der Waals surface area contributed by atoms with E-state index in [2.05, 4.69) is 198 Å². The van der Waals surface area contributed by atoms with E-state index >= 15 is 0 Å². The largest absolute Gasteiger partial charge is 0.118 e. The highest BCUT2D eigenvalue weighted by Gasteiger charge is 2.56. The van der Waals surface area contributed by atoms with Crippen LogP contribution in [0.25, 0.3) is 76.8 Å². The summed E-state index contributed by atoms with van der Waals surface area (Å²) in [4.78, 5) is 4.50. The molecule has 3 fully saturated rings. The van der Waals surface area contributed by atoms with Crippen molar-refractivity contribution in [3.63, 3.8) is 0 Å². The summed E-state index contributed by atoms with van der Waals surface area (Å²) in [5.74, 6) is 0. The molecule has 3 heterocycles. The molecule has 0 aromatic heterocycles. The lowest BCUT2D eigenvalue weighted by molar-refractivity contribution is 0.260. The molecule has 3 aliphatic carbocycles. The molecule has 3 saturated carbocycles. The normalized spacial score (nSPS) is 30.6. The second kappa shape index (κ2) is 14.2. The van der Waals surface area contributed by atoms with E-state index in [-0.39, 0.29) is 30.5 Å². The summed E-state index contributed by atoms with van der Waals surface area (Å²) in [7, 11) is 0. The van der Waals surface area contributed by atoms with Crippen molar-refractivity contribution in [1.82, 2.24) is 0 Å². The highest BCUT2D eigenvalue weighted by atomic mass is 32.2. The molecule has 0 saturated heterocycles. The van der Waals surface area contributed by atoms with Crippen LogP contribution in [0.3, 0.4) is 0 Å². The fourth-order valence-electron chi connectivity index (χ4n) is 15.1. The van der Waals surface area contributed by atoms with Gasteiger partial charge in [0.05, 0.1) is 0 Å².